The first kappa shape index (κ1) is 20.8. The van der Waals surface area contributed by atoms with Crippen LogP contribution in [0.5, 0.6) is 0 Å². The van der Waals surface area contributed by atoms with Crippen molar-refractivity contribution in [1.29, 1.82) is 0 Å². The Bertz CT molecular complexity index is 697. The van der Waals surface area contributed by atoms with E-state index < -0.39 is 21.8 Å². The predicted octanol–water partition coefficient (Wildman–Crippen LogP) is 1.92. The Morgan fingerprint density at radius 1 is 1.42 bits per heavy atom. The van der Waals surface area contributed by atoms with Gasteiger partial charge in [0.15, 0.2) is 0 Å². The van der Waals surface area contributed by atoms with Gasteiger partial charge in [-0.3, -0.25) is 0 Å². The highest BCUT2D eigenvalue weighted by Crippen LogP contribution is 2.29. The number of methoxy groups -OCH3 is 1. The summed E-state index contributed by atoms with van der Waals surface area (Å²) in [6.07, 6.45) is 2.27. The van der Waals surface area contributed by atoms with Crippen LogP contribution >= 0.6 is 12.4 Å². The highest BCUT2D eigenvalue weighted by atomic mass is 35.5. The Hall–Kier alpha value is -1.22. The van der Waals surface area contributed by atoms with Gasteiger partial charge in [0, 0.05) is 18.6 Å². The zero-order chi connectivity index (χ0) is 17.2. The van der Waals surface area contributed by atoms with Gasteiger partial charge in [0.05, 0.1) is 17.6 Å². The number of nitrogens with two attached hydrogens (primary N) is 1. The summed E-state index contributed by atoms with van der Waals surface area (Å²) in [5.41, 5.74) is 5.62. The van der Waals surface area contributed by atoms with Gasteiger partial charge >= 0.3 is 5.97 Å². The molecule has 0 aromatic heterocycles. The van der Waals surface area contributed by atoms with E-state index in [1.165, 1.54) is 4.31 Å². The van der Waals surface area contributed by atoms with Crippen LogP contribution in [0.25, 0.3) is 0 Å². The number of carbonyl (C=O) groups is 1. The van der Waals surface area contributed by atoms with Gasteiger partial charge in [0.1, 0.15) is 5.82 Å². The SMILES string of the molecule is COC(=O)c1cc(F)ccc1S(=O)(=O)N1CCCCC1C(C)N.Cl. The molecule has 24 heavy (non-hydrogen) atoms. The third-order valence-electron chi connectivity index (χ3n) is 4.04. The molecule has 1 heterocycles. The summed E-state index contributed by atoms with van der Waals surface area (Å²) in [7, 11) is -2.85. The zero-order valence-corrected chi connectivity index (χ0v) is 15.2. The van der Waals surface area contributed by atoms with Gasteiger partial charge < -0.3 is 10.5 Å². The lowest BCUT2D eigenvalue weighted by atomic mass is 10.00. The molecule has 2 atom stereocenters. The summed E-state index contributed by atoms with van der Waals surface area (Å²) in [5.74, 6) is -1.59. The van der Waals surface area contributed by atoms with E-state index in [9.17, 15) is 17.6 Å². The highest BCUT2D eigenvalue weighted by molar-refractivity contribution is 7.89. The smallest absolute Gasteiger partial charge is 0.339 e. The molecule has 0 aliphatic carbocycles. The lowest BCUT2D eigenvalue weighted by Crippen LogP contribution is -2.51. The van der Waals surface area contributed by atoms with Crippen LogP contribution in [0.2, 0.25) is 0 Å². The van der Waals surface area contributed by atoms with Crippen LogP contribution in [-0.4, -0.2) is 44.4 Å². The largest absolute Gasteiger partial charge is 0.465 e. The first-order valence-corrected chi connectivity index (χ1v) is 8.88. The number of carbonyl (C=O) groups excluding carboxylic acids is 1. The van der Waals surface area contributed by atoms with E-state index in [0.29, 0.717) is 13.0 Å². The van der Waals surface area contributed by atoms with E-state index in [2.05, 4.69) is 4.74 Å². The second kappa shape index (κ2) is 8.24. The number of rotatable bonds is 4. The van der Waals surface area contributed by atoms with E-state index in [1.807, 2.05) is 0 Å². The van der Waals surface area contributed by atoms with Crippen molar-refractivity contribution in [2.75, 3.05) is 13.7 Å². The second-order valence-corrected chi connectivity index (χ2v) is 7.53. The van der Waals surface area contributed by atoms with Crippen molar-refractivity contribution in [2.45, 2.75) is 43.2 Å². The maximum atomic E-state index is 13.4. The molecule has 9 heteroatoms. The molecule has 0 saturated carbocycles. The van der Waals surface area contributed by atoms with Crippen LogP contribution in [-0.2, 0) is 14.8 Å². The number of ether oxygens (including phenoxy) is 1. The Morgan fingerprint density at radius 2 is 2.08 bits per heavy atom. The normalized spacial score (nSPS) is 20.1. The molecule has 0 bridgehead atoms. The minimum absolute atomic E-state index is 0. The number of benzene rings is 1. The number of hydrogen-bond donors (Lipinski definition) is 1. The number of nitrogens with zero attached hydrogens (tertiary/aromatic N) is 1. The maximum absolute atomic E-state index is 13.4. The minimum atomic E-state index is -3.97. The first-order chi connectivity index (χ1) is 10.8. The number of hydrogen-bond acceptors (Lipinski definition) is 5. The van der Waals surface area contributed by atoms with Gasteiger partial charge in [-0.1, -0.05) is 6.42 Å². The van der Waals surface area contributed by atoms with E-state index in [4.69, 9.17) is 5.73 Å². The van der Waals surface area contributed by atoms with E-state index in [-0.39, 0.29) is 34.9 Å². The molecule has 1 saturated heterocycles. The van der Waals surface area contributed by atoms with Crippen molar-refractivity contribution in [3.05, 3.63) is 29.6 Å². The standard InChI is InChI=1S/C15H21FN2O4S.ClH/c1-10(17)13-5-3-4-8-18(13)23(20,21)14-7-6-11(16)9-12(14)15(19)22-2;/h6-7,9-10,13H,3-5,8,17H2,1-2H3;1H. The van der Waals surface area contributed by atoms with Gasteiger partial charge in [-0.2, -0.15) is 4.31 Å². The van der Waals surface area contributed by atoms with Crippen LogP contribution in [0, 0.1) is 5.82 Å². The Labute approximate surface area is 147 Å². The molecule has 136 valence electrons. The Kier molecular flexibility index (Phi) is 7.15. The first-order valence-electron chi connectivity index (χ1n) is 7.44. The molecule has 1 aliphatic heterocycles. The molecular formula is C15H22ClFN2O4S. The molecular weight excluding hydrogens is 359 g/mol. The van der Waals surface area contributed by atoms with Gasteiger partial charge in [-0.05, 0) is 38.0 Å². The van der Waals surface area contributed by atoms with Gasteiger partial charge in [-0.15, -0.1) is 12.4 Å². The maximum Gasteiger partial charge on any atom is 0.339 e. The van der Waals surface area contributed by atoms with Crippen molar-refractivity contribution in [3.63, 3.8) is 0 Å². The number of piperidine rings is 1. The molecule has 2 unspecified atom stereocenters. The molecule has 2 rings (SSSR count). The van der Waals surface area contributed by atoms with Crippen molar-refractivity contribution >= 4 is 28.4 Å². The molecule has 1 fully saturated rings. The van der Waals surface area contributed by atoms with Crippen LogP contribution < -0.4 is 5.73 Å². The van der Waals surface area contributed by atoms with E-state index in [0.717, 1.165) is 38.2 Å². The van der Waals surface area contributed by atoms with Crippen LogP contribution in [0.15, 0.2) is 23.1 Å². The molecule has 6 nitrogen and oxygen atoms in total. The monoisotopic (exact) mass is 380 g/mol. The molecule has 0 spiro atoms. The summed E-state index contributed by atoms with van der Waals surface area (Å²) in [6.45, 7) is 2.08. The number of halogens is 2. The second-order valence-electron chi connectivity index (χ2n) is 5.67. The van der Waals surface area contributed by atoms with Crippen molar-refractivity contribution in [2.24, 2.45) is 5.73 Å². The minimum Gasteiger partial charge on any atom is -0.465 e. The molecule has 1 aromatic carbocycles. The summed E-state index contributed by atoms with van der Waals surface area (Å²) < 4.78 is 45.3. The van der Waals surface area contributed by atoms with Gasteiger partial charge in [0.2, 0.25) is 10.0 Å². The zero-order valence-electron chi connectivity index (χ0n) is 13.6. The fourth-order valence-electron chi connectivity index (χ4n) is 2.88. The van der Waals surface area contributed by atoms with Crippen LogP contribution in [0.4, 0.5) is 4.39 Å². The lowest BCUT2D eigenvalue weighted by Gasteiger charge is -2.37. The number of sulfonamides is 1. The molecule has 2 N–H and O–H groups in total. The topological polar surface area (TPSA) is 89.7 Å². The summed E-state index contributed by atoms with van der Waals surface area (Å²) in [5, 5.41) is 0. The predicted molar refractivity (Wildman–Crippen MR) is 90.2 cm³/mol. The molecule has 1 aliphatic rings. The van der Waals surface area contributed by atoms with Crippen LogP contribution in [0.3, 0.4) is 0 Å². The fourth-order valence-corrected chi connectivity index (χ4v) is 4.81. The fraction of sp³-hybridized carbons (Fsp3) is 0.533. The third kappa shape index (κ3) is 4.05. The van der Waals surface area contributed by atoms with E-state index in [1.54, 1.807) is 6.92 Å². The molecule has 1 aromatic rings. The lowest BCUT2D eigenvalue weighted by molar-refractivity contribution is 0.0595. The average Bonchev–Trinajstić information content (AvgIpc) is 2.53. The quantitative estimate of drug-likeness (QED) is 0.806. The Morgan fingerprint density at radius 3 is 2.67 bits per heavy atom. The summed E-state index contributed by atoms with van der Waals surface area (Å²) in [4.78, 5) is 11.6. The summed E-state index contributed by atoms with van der Waals surface area (Å²) in [6, 6.07) is 2.31. The summed E-state index contributed by atoms with van der Waals surface area (Å²) >= 11 is 0. The average molecular weight is 381 g/mol. The van der Waals surface area contributed by atoms with Gasteiger partial charge in [0.25, 0.3) is 0 Å². The van der Waals surface area contributed by atoms with Crippen molar-refractivity contribution in [1.82, 2.24) is 4.31 Å². The van der Waals surface area contributed by atoms with Crippen molar-refractivity contribution in [3.8, 4) is 0 Å². The molecule has 0 amide bonds. The molecule has 0 radical (unpaired) electrons. The van der Waals surface area contributed by atoms with Crippen LogP contribution in [0.1, 0.15) is 36.5 Å². The van der Waals surface area contributed by atoms with E-state index >= 15 is 0 Å². The van der Waals surface area contributed by atoms with Gasteiger partial charge in [-0.25, -0.2) is 17.6 Å². The third-order valence-corrected chi connectivity index (χ3v) is 6.02. The number of esters is 1. The highest BCUT2D eigenvalue weighted by Gasteiger charge is 2.37. The van der Waals surface area contributed by atoms with Crippen molar-refractivity contribution < 1.29 is 22.3 Å². The Balaban J connectivity index is 0.00000288.